The van der Waals surface area contributed by atoms with Crippen LogP contribution in [-0.2, 0) is 0 Å². The minimum atomic E-state index is -0.445. The molecule has 0 radical (unpaired) electrons. The van der Waals surface area contributed by atoms with Crippen LogP contribution in [0.15, 0.2) is 18.2 Å². The summed E-state index contributed by atoms with van der Waals surface area (Å²) in [5.74, 6) is -0.716. The zero-order valence-corrected chi connectivity index (χ0v) is 11.4. The maximum Gasteiger partial charge on any atom is 0.252 e. The number of hydrogen-bond donors (Lipinski definition) is 1. The summed E-state index contributed by atoms with van der Waals surface area (Å²) in [5, 5.41) is 2.91. The Kier molecular flexibility index (Phi) is 6.09. The van der Waals surface area contributed by atoms with E-state index in [4.69, 9.17) is 11.6 Å². The lowest BCUT2D eigenvalue weighted by Crippen LogP contribution is -2.34. The van der Waals surface area contributed by atoms with Crippen LogP contribution >= 0.6 is 11.6 Å². The Morgan fingerprint density at radius 2 is 2.06 bits per heavy atom. The smallest absolute Gasteiger partial charge is 0.252 e. The minimum absolute atomic E-state index is 0.135. The number of amides is 1. The largest absolute Gasteiger partial charge is 0.351 e. The molecule has 0 heterocycles. The van der Waals surface area contributed by atoms with Crippen molar-refractivity contribution in [3.8, 4) is 0 Å². The quantitative estimate of drug-likeness (QED) is 0.863. The minimum Gasteiger partial charge on any atom is -0.351 e. The second-order valence-corrected chi connectivity index (χ2v) is 4.31. The van der Waals surface area contributed by atoms with E-state index in [1.807, 2.05) is 0 Å². The summed E-state index contributed by atoms with van der Waals surface area (Å²) in [4.78, 5) is 14.0. The van der Waals surface area contributed by atoms with Gasteiger partial charge < -0.3 is 10.2 Å². The van der Waals surface area contributed by atoms with Crippen LogP contribution in [0, 0.1) is 5.82 Å². The fourth-order valence-electron chi connectivity index (χ4n) is 1.64. The van der Waals surface area contributed by atoms with E-state index in [0.29, 0.717) is 12.1 Å². The average Bonchev–Trinajstić information content (AvgIpc) is 2.34. The molecule has 0 atom stereocenters. The van der Waals surface area contributed by atoms with Gasteiger partial charge in [-0.15, -0.1) is 0 Å². The molecule has 0 aromatic heterocycles. The van der Waals surface area contributed by atoms with Gasteiger partial charge in [-0.3, -0.25) is 4.79 Å². The average molecular weight is 273 g/mol. The Morgan fingerprint density at radius 1 is 1.39 bits per heavy atom. The third-order valence-electron chi connectivity index (χ3n) is 2.78. The normalized spacial score (nSPS) is 10.7. The van der Waals surface area contributed by atoms with Gasteiger partial charge in [0.2, 0.25) is 0 Å². The zero-order chi connectivity index (χ0) is 13.5. The summed E-state index contributed by atoms with van der Waals surface area (Å²) in [7, 11) is 0. The number of likely N-dealkylation sites (N-methyl/N-ethyl adjacent to an activating group) is 1. The van der Waals surface area contributed by atoms with E-state index in [2.05, 4.69) is 24.1 Å². The highest BCUT2D eigenvalue weighted by Crippen LogP contribution is 2.16. The number of nitrogens with one attached hydrogen (secondary N) is 1. The predicted octanol–water partition coefficient (Wildman–Crippen LogP) is 2.55. The van der Waals surface area contributed by atoms with Crippen molar-refractivity contribution < 1.29 is 9.18 Å². The standard InChI is InChI=1S/C13H18ClFN2O/c1-3-17(4-2)8-7-16-13(18)11-6-5-10(15)9-12(11)14/h5-6,9H,3-4,7-8H2,1-2H3,(H,16,18). The molecule has 0 aliphatic carbocycles. The van der Waals surface area contributed by atoms with Crippen LogP contribution in [0.3, 0.4) is 0 Å². The Labute approximate surface area is 112 Å². The van der Waals surface area contributed by atoms with Crippen LogP contribution in [0.25, 0.3) is 0 Å². The highest BCUT2D eigenvalue weighted by Gasteiger charge is 2.10. The van der Waals surface area contributed by atoms with Crippen LogP contribution < -0.4 is 5.32 Å². The lowest BCUT2D eigenvalue weighted by atomic mass is 10.2. The first kappa shape index (κ1) is 14.9. The second-order valence-electron chi connectivity index (χ2n) is 3.91. The highest BCUT2D eigenvalue weighted by molar-refractivity contribution is 6.33. The second kappa shape index (κ2) is 7.34. The van der Waals surface area contributed by atoms with Crippen LogP contribution in [0.1, 0.15) is 24.2 Å². The number of rotatable bonds is 6. The molecule has 0 aliphatic rings. The van der Waals surface area contributed by atoms with E-state index in [0.717, 1.165) is 25.7 Å². The first-order valence-corrected chi connectivity index (χ1v) is 6.41. The van der Waals surface area contributed by atoms with Gasteiger partial charge in [0, 0.05) is 13.1 Å². The maximum absolute atomic E-state index is 12.8. The summed E-state index contributed by atoms with van der Waals surface area (Å²) in [6.07, 6.45) is 0. The van der Waals surface area contributed by atoms with Crippen LogP contribution in [-0.4, -0.2) is 37.0 Å². The Bertz CT molecular complexity index is 408. The molecule has 0 saturated heterocycles. The summed E-state index contributed by atoms with van der Waals surface area (Å²) in [6, 6.07) is 3.76. The van der Waals surface area contributed by atoms with Crippen molar-refractivity contribution >= 4 is 17.5 Å². The zero-order valence-electron chi connectivity index (χ0n) is 10.7. The lowest BCUT2D eigenvalue weighted by molar-refractivity contribution is 0.0949. The topological polar surface area (TPSA) is 32.3 Å². The van der Waals surface area contributed by atoms with Crippen molar-refractivity contribution in [1.29, 1.82) is 0 Å². The Hall–Kier alpha value is -1.13. The van der Waals surface area contributed by atoms with Gasteiger partial charge in [0.05, 0.1) is 10.6 Å². The van der Waals surface area contributed by atoms with Gasteiger partial charge in [-0.05, 0) is 31.3 Å². The van der Waals surface area contributed by atoms with Gasteiger partial charge in [-0.1, -0.05) is 25.4 Å². The summed E-state index contributed by atoms with van der Waals surface area (Å²) >= 11 is 5.81. The van der Waals surface area contributed by atoms with E-state index < -0.39 is 5.82 Å². The molecule has 100 valence electrons. The van der Waals surface area contributed by atoms with Crippen molar-refractivity contribution in [2.24, 2.45) is 0 Å². The first-order chi connectivity index (χ1) is 8.58. The number of halogens is 2. The molecule has 0 bridgehead atoms. The van der Waals surface area contributed by atoms with Gasteiger partial charge >= 0.3 is 0 Å². The van der Waals surface area contributed by atoms with Gasteiger partial charge in [-0.25, -0.2) is 4.39 Å². The number of carbonyl (C=O) groups is 1. The predicted molar refractivity (Wildman–Crippen MR) is 71.5 cm³/mol. The molecule has 1 rings (SSSR count). The van der Waals surface area contributed by atoms with Crippen LogP contribution in [0.2, 0.25) is 5.02 Å². The first-order valence-electron chi connectivity index (χ1n) is 6.04. The Balaban J connectivity index is 2.50. The third kappa shape index (κ3) is 4.27. The molecule has 5 heteroatoms. The van der Waals surface area contributed by atoms with E-state index in [1.54, 1.807) is 0 Å². The summed E-state index contributed by atoms with van der Waals surface area (Å²) in [5.41, 5.74) is 0.303. The molecule has 18 heavy (non-hydrogen) atoms. The molecular weight excluding hydrogens is 255 g/mol. The van der Waals surface area contributed by atoms with Crippen LogP contribution in [0.4, 0.5) is 4.39 Å². The molecule has 1 aromatic carbocycles. The fourth-order valence-corrected chi connectivity index (χ4v) is 1.89. The van der Waals surface area contributed by atoms with Crippen molar-refractivity contribution in [2.75, 3.05) is 26.2 Å². The maximum atomic E-state index is 12.8. The number of benzene rings is 1. The molecule has 1 N–H and O–H groups in total. The SMILES string of the molecule is CCN(CC)CCNC(=O)c1ccc(F)cc1Cl. The molecule has 0 spiro atoms. The van der Waals surface area contributed by atoms with Gasteiger partial charge in [-0.2, -0.15) is 0 Å². The van der Waals surface area contributed by atoms with Crippen molar-refractivity contribution in [3.05, 3.63) is 34.6 Å². The molecule has 1 aromatic rings. The monoisotopic (exact) mass is 272 g/mol. The fraction of sp³-hybridized carbons (Fsp3) is 0.462. The molecule has 3 nitrogen and oxygen atoms in total. The van der Waals surface area contributed by atoms with Gasteiger partial charge in [0.25, 0.3) is 5.91 Å². The van der Waals surface area contributed by atoms with E-state index in [1.165, 1.54) is 12.1 Å². The molecule has 0 saturated carbocycles. The lowest BCUT2D eigenvalue weighted by Gasteiger charge is -2.18. The van der Waals surface area contributed by atoms with E-state index in [-0.39, 0.29) is 10.9 Å². The summed E-state index contributed by atoms with van der Waals surface area (Å²) in [6.45, 7) is 7.38. The number of nitrogens with zero attached hydrogens (tertiary/aromatic N) is 1. The number of carbonyl (C=O) groups excluding carboxylic acids is 1. The third-order valence-corrected chi connectivity index (χ3v) is 3.10. The number of hydrogen-bond acceptors (Lipinski definition) is 2. The van der Waals surface area contributed by atoms with Crippen molar-refractivity contribution in [3.63, 3.8) is 0 Å². The van der Waals surface area contributed by atoms with Crippen molar-refractivity contribution in [1.82, 2.24) is 10.2 Å². The van der Waals surface area contributed by atoms with Gasteiger partial charge in [0.15, 0.2) is 0 Å². The molecule has 0 unspecified atom stereocenters. The highest BCUT2D eigenvalue weighted by atomic mass is 35.5. The van der Waals surface area contributed by atoms with E-state index in [9.17, 15) is 9.18 Å². The Morgan fingerprint density at radius 3 is 2.61 bits per heavy atom. The molecule has 0 fully saturated rings. The molecule has 1 amide bonds. The molecular formula is C13H18ClFN2O. The van der Waals surface area contributed by atoms with Crippen LogP contribution in [0.5, 0.6) is 0 Å². The van der Waals surface area contributed by atoms with Gasteiger partial charge in [0.1, 0.15) is 5.82 Å². The molecule has 0 aliphatic heterocycles. The van der Waals surface area contributed by atoms with Crippen molar-refractivity contribution in [2.45, 2.75) is 13.8 Å². The summed E-state index contributed by atoms with van der Waals surface area (Å²) < 4.78 is 12.8. The van der Waals surface area contributed by atoms with E-state index >= 15 is 0 Å².